The molecular formula is C15H19ClN2O. The number of carbonyl (C=O) groups excluding carboxylic acids is 1. The number of amides is 1. The van der Waals surface area contributed by atoms with Gasteiger partial charge in [0, 0.05) is 30.2 Å². The number of rotatable bonds is 3. The normalized spacial score (nSPS) is 19.9. The molecule has 0 radical (unpaired) electrons. The lowest BCUT2D eigenvalue weighted by molar-refractivity contribution is -0.127. The smallest absolute Gasteiger partial charge is 0.246 e. The van der Waals surface area contributed by atoms with Crippen molar-refractivity contribution in [3.63, 3.8) is 0 Å². The van der Waals surface area contributed by atoms with Crippen molar-refractivity contribution in [1.29, 1.82) is 0 Å². The molecule has 1 fully saturated rings. The molecule has 1 amide bonds. The number of carbonyl (C=O) groups is 1. The summed E-state index contributed by atoms with van der Waals surface area (Å²) in [4.78, 5) is 14.0. The Morgan fingerprint density at radius 1 is 1.42 bits per heavy atom. The summed E-state index contributed by atoms with van der Waals surface area (Å²) in [5.74, 6) is 0.0786. The van der Waals surface area contributed by atoms with Gasteiger partial charge in [-0.2, -0.15) is 0 Å². The van der Waals surface area contributed by atoms with Gasteiger partial charge < -0.3 is 10.2 Å². The first-order valence-electron chi connectivity index (χ1n) is 6.59. The number of likely N-dealkylation sites (tertiary alicyclic amines) is 1. The highest BCUT2D eigenvalue weighted by molar-refractivity contribution is 6.30. The molecule has 0 bridgehead atoms. The summed E-state index contributed by atoms with van der Waals surface area (Å²) in [6.07, 6.45) is 5.68. The second-order valence-electron chi connectivity index (χ2n) is 4.80. The maximum atomic E-state index is 12.1. The minimum atomic E-state index is 0.0786. The van der Waals surface area contributed by atoms with E-state index in [9.17, 15) is 4.79 Å². The van der Waals surface area contributed by atoms with Crippen LogP contribution in [0, 0.1) is 0 Å². The zero-order valence-electron chi connectivity index (χ0n) is 11.1. The lowest BCUT2D eigenvalue weighted by Gasteiger charge is -2.31. The van der Waals surface area contributed by atoms with Gasteiger partial charge in [0.1, 0.15) is 0 Å². The van der Waals surface area contributed by atoms with E-state index >= 15 is 0 Å². The van der Waals surface area contributed by atoms with Gasteiger partial charge in [-0.05, 0) is 43.7 Å². The number of hydrogen-bond acceptors (Lipinski definition) is 2. The third-order valence-corrected chi connectivity index (χ3v) is 3.68. The van der Waals surface area contributed by atoms with Gasteiger partial charge in [0.15, 0.2) is 0 Å². The fraction of sp³-hybridized carbons (Fsp3) is 0.400. The molecule has 1 aromatic rings. The Balaban J connectivity index is 1.94. The molecule has 1 atom stereocenters. The standard InChI is InChI=1S/C15H19ClN2O/c1-17-14-3-2-10-18(11-14)15(19)9-6-12-4-7-13(16)8-5-12/h4-9,14,17H,2-3,10-11H2,1H3/b9-6-/t14-/m0/s1. The lowest BCUT2D eigenvalue weighted by Crippen LogP contribution is -2.46. The van der Waals surface area contributed by atoms with Crippen molar-refractivity contribution in [3.05, 3.63) is 40.9 Å². The molecule has 3 nitrogen and oxygen atoms in total. The summed E-state index contributed by atoms with van der Waals surface area (Å²) in [5.41, 5.74) is 0.986. The van der Waals surface area contributed by atoms with E-state index in [1.165, 1.54) is 0 Å². The molecule has 4 heteroatoms. The first-order chi connectivity index (χ1) is 9.19. The predicted octanol–water partition coefficient (Wildman–Crippen LogP) is 2.56. The molecule has 1 N–H and O–H groups in total. The second-order valence-corrected chi connectivity index (χ2v) is 5.23. The summed E-state index contributed by atoms with van der Waals surface area (Å²) in [6.45, 7) is 1.64. The van der Waals surface area contributed by atoms with Gasteiger partial charge in [-0.15, -0.1) is 0 Å². The minimum absolute atomic E-state index is 0.0786. The Labute approximate surface area is 119 Å². The molecule has 1 aliphatic heterocycles. The highest BCUT2D eigenvalue weighted by Crippen LogP contribution is 2.13. The first kappa shape index (κ1) is 14.1. The van der Waals surface area contributed by atoms with Gasteiger partial charge in [0.2, 0.25) is 5.91 Å². The van der Waals surface area contributed by atoms with Crippen molar-refractivity contribution in [2.75, 3.05) is 20.1 Å². The Hall–Kier alpha value is -1.32. The third-order valence-electron chi connectivity index (χ3n) is 3.43. The fourth-order valence-corrected chi connectivity index (χ4v) is 2.39. The molecule has 102 valence electrons. The number of benzene rings is 1. The van der Waals surface area contributed by atoms with E-state index in [1.807, 2.05) is 42.3 Å². The highest BCUT2D eigenvalue weighted by atomic mass is 35.5. The van der Waals surface area contributed by atoms with Crippen LogP contribution in [0.3, 0.4) is 0 Å². The Kier molecular flexibility index (Phi) is 5.00. The largest absolute Gasteiger partial charge is 0.338 e. The average Bonchev–Trinajstić information content (AvgIpc) is 2.46. The number of likely N-dealkylation sites (N-methyl/N-ethyl adjacent to an activating group) is 1. The monoisotopic (exact) mass is 278 g/mol. The third kappa shape index (κ3) is 4.08. The van der Waals surface area contributed by atoms with Crippen LogP contribution in [0.4, 0.5) is 0 Å². The van der Waals surface area contributed by atoms with Crippen LogP contribution in [-0.2, 0) is 4.79 Å². The maximum Gasteiger partial charge on any atom is 0.246 e. The van der Waals surface area contributed by atoms with Crippen LogP contribution < -0.4 is 5.32 Å². The first-order valence-corrected chi connectivity index (χ1v) is 6.96. The summed E-state index contributed by atoms with van der Waals surface area (Å²) in [6, 6.07) is 7.87. The molecule has 0 aliphatic carbocycles. The van der Waals surface area contributed by atoms with Crippen molar-refractivity contribution in [2.45, 2.75) is 18.9 Å². The van der Waals surface area contributed by atoms with Gasteiger partial charge in [0.05, 0.1) is 0 Å². The molecule has 0 spiro atoms. The van der Waals surface area contributed by atoms with Crippen LogP contribution in [0.15, 0.2) is 30.3 Å². The zero-order chi connectivity index (χ0) is 13.7. The molecule has 1 aromatic carbocycles. The SMILES string of the molecule is CN[C@H]1CCCN(C(=O)/C=C\c2ccc(Cl)cc2)C1. The van der Waals surface area contributed by atoms with Crippen LogP contribution in [0.1, 0.15) is 18.4 Å². The van der Waals surface area contributed by atoms with Crippen molar-refractivity contribution in [3.8, 4) is 0 Å². The van der Waals surface area contributed by atoms with Crippen LogP contribution in [0.25, 0.3) is 6.08 Å². The van der Waals surface area contributed by atoms with Crippen LogP contribution in [0.2, 0.25) is 5.02 Å². The molecule has 2 rings (SSSR count). The number of nitrogens with one attached hydrogen (secondary N) is 1. The van der Waals surface area contributed by atoms with E-state index in [4.69, 9.17) is 11.6 Å². The lowest BCUT2D eigenvalue weighted by atomic mass is 10.1. The van der Waals surface area contributed by atoms with E-state index in [-0.39, 0.29) is 5.91 Å². The van der Waals surface area contributed by atoms with Crippen molar-refractivity contribution < 1.29 is 4.79 Å². The Bertz CT molecular complexity index is 456. The zero-order valence-corrected chi connectivity index (χ0v) is 11.9. The molecule has 19 heavy (non-hydrogen) atoms. The van der Waals surface area contributed by atoms with Gasteiger partial charge in [-0.1, -0.05) is 23.7 Å². The summed E-state index contributed by atoms with van der Waals surface area (Å²) in [7, 11) is 1.95. The quantitative estimate of drug-likeness (QED) is 0.862. The number of piperidine rings is 1. The maximum absolute atomic E-state index is 12.1. The molecular weight excluding hydrogens is 260 g/mol. The van der Waals surface area contributed by atoms with Crippen LogP contribution in [0.5, 0.6) is 0 Å². The number of hydrogen-bond donors (Lipinski definition) is 1. The minimum Gasteiger partial charge on any atom is -0.338 e. The topological polar surface area (TPSA) is 32.3 Å². The van der Waals surface area contributed by atoms with Gasteiger partial charge in [-0.25, -0.2) is 0 Å². The Morgan fingerprint density at radius 2 is 2.16 bits per heavy atom. The van der Waals surface area contributed by atoms with Crippen molar-refractivity contribution >= 4 is 23.6 Å². The second kappa shape index (κ2) is 6.73. The Morgan fingerprint density at radius 3 is 2.84 bits per heavy atom. The number of halogens is 1. The molecule has 0 unspecified atom stereocenters. The molecule has 1 heterocycles. The van der Waals surface area contributed by atoms with Gasteiger partial charge in [-0.3, -0.25) is 4.79 Å². The van der Waals surface area contributed by atoms with Crippen LogP contribution in [-0.4, -0.2) is 37.0 Å². The fourth-order valence-electron chi connectivity index (χ4n) is 2.26. The van der Waals surface area contributed by atoms with Crippen LogP contribution >= 0.6 is 11.6 Å². The molecule has 0 aromatic heterocycles. The number of nitrogens with zero attached hydrogens (tertiary/aromatic N) is 1. The molecule has 0 saturated carbocycles. The summed E-state index contributed by atoms with van der Waals surface area (Å²) in [5, 5.41) is 3.94. The highest BCUT2D eigenvalue weighted by Gasteiger charge is 2.20. The molecule has 1 aliphatic rings. The summed E-state index contributed by atoms with van der Waals surface area (Å²) < 4.78 is 0. The average molecular weight is 279 g/mol. The van der Waals surface area contributed by atoms with Crippen molar-refractivity contribution in [1.82, 2.24) is 10.2 Å². The van der Waals surface area contributed by atoms with Gasteiger partial charge in [0.25, 0.3) is 0 Å². The van der Waals surface area contributed by atoms with Crippen molar-refractivity contribution in [2.24, 2.45) is 0 Å². The summed E-state index contributed by atoms with van der Waals surface area (Å²) >= 11 is 5.82. The van der Waals surface area contributed by atoms with E-state index in [0.717, 1.165) is 31.5 Å². The van der Waals surface area contributed by atoms with E-state index in [0.29, 0.717) is 11.1 Å². The van der Waals surface area contributed by atoms with E-state index in [1.54, 1.807) is 6.08 Å². The van der Waals surface area contributed by atoms with Gasteiger partial charge >= 0.3 is 0 Å². The predicted molar refractivity (Wildman–Crippen MR) is 79.1 cm³/mol. The van der Waals surface area contributed by atoms with E-state index < -0.39 is 0 Å². The van der Waals surface area contributed by atoms with E-state index in [2.05, 4.69) is 5.32 Å². The molecule has 1 saturated heterocycles.